The quantitative estimate of drug-likeness (QED) is 0.390. The summed E-state index contributed by atoms with van der Waals surface area (Å²) in [6, 6.07) is 3.37. The number of allylic oxidation sites excluding steroid dienone is 1. The highest BCUT2D eigenvalue weighted by Crippen LogP contribution is 2.59. The van der Waals surface area contributed by atoms with Crippen molar-refractivity contribution in [2.45, 2.75) is 82.4 Å². The van der Waals surface area contributed by atoms with Crippen LogP contribution in [0.5, 0.6) is 0 Å². The maximum Gasteiger partial charge on any atom is 0.414 e. The van der Waals surface area contributed by atoms with E-state index in [2.05, 4.69) is 5.32 Å². The Bertz CT molecular complexity index is 1030. The van der Waals surface area contributed by atoms with E-state index >= 15 is 0 Å². The van der Waals surface area contributed by atoms with Gasteiger partial charge in [0.15, 0.2) is 0 Å². The van der Waals surface area contributed by atoms with E-state index in [0.29, 0.717) is 11.3 Å². The Morgan fingerprint density at radius 3 is 2.26 bits per heavy atom. The number of rotatable bonds is 4. The molecule has 1 amide bonds. The summed E-state index contributed by atoms with van der Waals surface area (Å²) >= 11 is 0. The van der Waals surface area contributed by atoms with E-state index in [-0.39, 0.29) is 37.7 Å². The second-order valence-corrected chi connectivity index (χ2v) is 10.9. The number of nitrogens with one attached hydrogen (secondary N) is 1. The standard InChI is InChI=1S/C25H30F4N2O4/c1-22(2,3)35-21(33)31-8-7-23(13-25(28,29)14-23)12-19(31)17-6-5-15(20(32)34-4)9-18(17)30-16-10-24(26,27)11-16/h5-9,16,19,30H,10-14H2,1-4H3. The van der Waals surface area contributed by atoms with Crippen LogP contribution in [0, 0.1) is 5.41 Å². The molecule has 1 heterocycles. The number of methoxy groups -OCH3 is 1. The Labute approximate surface area is 201 Å². The number of amides is 1. The lowest BCUT2D eigenvalue weighted by Crippen LogP contribution is -2.50. The summed E-state index contributed by atoms with van der Waals surface area (Å²) in [6.07, 6.45) is 1.24. The Morgan fingerprint density at radius 2 is 1.71 bits per heavy atom. The second-order valence-electron chi connectivity index (χ2n) is 10.9. The molecule has 0 radical (unpaired) electrons. The van der Waals surface area contributed by atoms with E-state index in [1.165, 1.54) is 30.3 Å². The molecular weight excluding hydrogens is 468 g/mol. The molecule has 0 saturated heterocycles. The summed E-state index contributed by atoms with van der Waals surface area (Å²) in [5.41, 5.74) is -0.485. The van der Waals surface area contributed by atoms with Crippen molar-refractivity contribution in [2.75, 3.05) is 12.4 Å². The van der Waals surface area contributed by atoms with Crippen LogP contribution in [0.2, 0.25) is 0 Å². The smallest absolute Gasteiger partial charge is 0.414 e. The molecule has 1 aromatic rings. The number of anilines is 1. The summed E-state index contributed by atoms with van der Waals surface area (Å²) in [6.45, 7) is 5.16. The number of esters is 1. The summed E-state index contributed by atoms with van der Waals surface area (Å²) in [4.78, 5) is 26.5. The fraction of sp³-hybridized carbons (Fsp3) is 0.600. The third-order valence-electron chi connectivity index (χ3n) is 6.63. The molecule has 35 heavy (non-hydrogen) atoms. The van der Waals surface area contributed by atoms with E-state index in [9.17, 15) is 27.2 Å². The van der Waals surface area contributed by atoms with Crippen LogP contribution in [0.4, 0.5) is 28.0 Å². The molecule has 1 atom stereocenters. The van der Waals surface area contributed by atoms with Crippen molar-refractivity contribution in [3.8, 4) is 0 Å². The minimum atomic E-state index is -2.78. The average Bonchev–Trinajstić information content (AvgIpc) is 2.69. The highest BCUT2D eigenvalue weighted by Gasteiger charge is 2.58. The number of hydrogen-bond acceptors (Lipinski definition) is 5. The summed E-state index contributed by atoms with van der Waals surface area (Å²) in [5, 5.41) is 3.07. The van der Waals surface area contributed by atoms with Crippen LogP contribution in [0.15, 0.2) is 30.5 Å². The molecule has 1 N–H and O–H groups in total. The van der Waals surface area contributed by atoms with Crippen molar-refractivity contribution in [1.82, 2.24) is 4.90 Å². The SMILES string of the molecule is COC(=O)c1ccc(C2CC3(C=CN2C(=O)OC(C)(C)C)CC(F)(F)C3)c(NC2CC(F)(F)C2)c1. The fourth-order valence-electron chi connectivity index (χ4n) is 5.10. The Kier molecular flexibility index (Phi) is 6.08. The number of carbonyl (C=O) groups excluding carboxylic acids is 2. The zero-order chi connectivity index (χ0) is 25.8. The van der Waals surface area contributed by atoms with Gasteiger partial charge in [0, 0.05) is 49.0 Å². The number of hydrogen-bond donors (Lipinski definition) is 1. The van der Waals surface area contributed by atoms with Crippen LogP contribution in [-0.4, -0.2) is 47.6 Å². The first-order valence-corrected chi connectivity index (χ1v) is 11.6. The zero-order valence-electron chi connectivity index (χ0n) is 20.2. The average molecular weight is 499 g/mol. The normalized spacial score (nSPS) is 24.3. The third kappa shape index (κ3) is 5.41. The number of nitrogens with zero attached hydrogens (tertiary/aromatic N) is 1. The molecule has 1 spiro atoms. The molecule has 4 rings (SSSR count). The second kappa shape index (κ2) is 8.41. The molecule has 1 aromatic carbocycles. The van der Waals surface area contributed by atoms with Crippen LogP contribution in [0.25, 0.3) is 0 Å². The lowest BCUT2D eigenvalue weighted by molar-refractivity contribution is -0.151. The molecule has 1 aliphatic heterocycles. The van der Waals surface area contributed by atoms with Gasteiger partial charge in [0.25, 0.3) is 5.92 Å². The van der Waals surface area contributed by atoms with Gasteiger partial charge < -0.3 is 14.8 Å². The summed E-state index contributed by atoms with van der Waals surface area (Å²) < 4.78 is 65.0. The Morgan fingerprint density at radius 1 is 1.06 bits per heavy atom. The molecule has 2 saturated carbocycles. The maximum absolute atomic E-state index is 13.9. The lowest BCUT2D eigenvalue weighted by atomic mass is 9.61. The van der Waals surface area contributed by atoms with Crippen LogP contribution >= 0.6 is 0 Å². The van der Waals surface area contributed by atoms with Crippen molar-refractivity contribution in [3.63, 3.8) is 0 Å². The monoisotopic (exact) mass is 498 g/mol. The lowest BCUT2D eigenvalue weighted by Gasteiger charge is -2.51. The number of benzene rings is 1. The molecule has 2 aliphatic carbocycles. The summed E-state index contributed by atoms with van der Waals surface area (Å²) in [7, 11) is 1.23. The molecular formula is C25H30F4N2O4. The molecule has 0 bridgehead atoms. The summed E-state index contributed by atoms with van der Waals surface area (Å²) in [5.74, 6) is -6.16. The fourth-order valence-corrected chi connectivity index (χ4v) is 5.10. The predicted molar refractivity (Wildman–Crippen MR) is 121 cm³/mol. The number of carbonyl (C=O) groups is 2. The van der Waals surface area contributed by atoms with Crippen molar-refractivity contribution >= 4 is 17.7 Å². The van der Waals surface area contributed by atoms with E-state index in [1.54, 1.807) is 32.9 Å². The minimum Gasteiger partial charge on any atom is -0.465 e. The van der Waals surface area contributed by atoms with Crippen LogP contribution in [-0.2, 0) is 9.47 Å². The van der Waals surface area contributed by atoms with E-state index in [1.807, 2.05) is 0 Å². The molecule has 6 nitrogen and oxygen atoms in total. The largest absolute Gasteiger partial charge is 0.465 e. The van der Waals surface area contributed by atoms with Gasteiger partial charge in [0.1, 0.15) is 5.60 Å². The van der Waals surface area contributed by atoms with Crippen molar-refractivity contribution < 1.29 is 36.6 Å². The molecule has 0 aromatic heterocycles. The molecule has 1 unspecified atom stereocenters. The highest BCUT2D eigenvalue weighted by atomic mass is 19.3. The van der Waals surface area contributed by atoms with Gasteiger partial charge in [-0.2, -0.15) is 0 Å². The first-order chi connectivity index (χ1) is 16.1. The first kappa shape index (κ1) is 25.3. The van der Waals surface area contributed by atoms with Crippen molar-refractivity contribution in [3.05, 3.63) is 41.6 Å². The van der Waals surface area contributed by atoms with Gasteiger partial charge >= 0.3 is 12.1 Å². The van der Waals surface area contributed by atoms with E-state index in [0.717, 1.165) is 0 Å². The van der Waals surface area contributed by atoms with Crippen LogP contribution in [0.1, 0.15) is 74.8 Å². The van der Waals surface area contributed by atoms with Crippen molar-refractivity contribution in [2.24, 2.45) is 5.41 Å². The van der Waals surface area contributed by atoms with E-state index in [4.69, 9.17) is 9.47 Å². The molecule has 10 heteroatoms. The number of ether oxygens (including phenoxy) is 2. The molecule has 192 valence electrons. The van der Waals surface area contributed by atoms with Crippen LogP contribution in [0.3, 0.4) is 0 Å². The third-order valence-corrected chi connectivity index (χ3v) is 6.63. The van der Waals surface area contributed by atoms with Gasteiger partial charge in [-0.05, 0) is 44.9 Å². The first-order valence-electron chi connectivity index (χ1n) is 11.6. The van der Waals surface area contributed by atoms with Crippen LogP contribution < -0.4 is 5.32 Å². The molecule has 3 aliphatic rings. The number of halogens is 4. The van der Waals surface area contributed by atoms with Gasteiger partial charge in [-0.3, -0.25) is 4.90 Å². The van der Waals surface area contributed by atoms with Gasteiger partial charge in [0.05, 0.1) is 18.7 Å². The van der Waals surface area contributed by atoms with Gasteiger partial charge in [0.2, 0.25) is 5.92 Å². The Hall–Kier alpha value is -2.78. The van der Waals surface area contributed by atoms with Crippen molar-refractivity contribution in [1.29, 1.82) is 0 Å². The highest BCUT2D eigenvalue weighted by molar-refractivity contribution is 5.91. The van der Waals surface area contributed by atoms with Gasteiger partial charge in [-0.25, -0.2) is 27.2 Å². The molecule has 2 fully saturated rings. The van der Waals surface area contributed by atoms with Gasteiger partial charge in [-0.15, -0.1) is 0 Å². The van der Waals surface area contributed by atoms with E-state index < -0.39 is 47.0 Å². The zero-order valence-corrected chi connectivity index (χ0v) is 20.2. The van der Waals surface area contributed by atoms with Gasteiger partial charge in [-0.1, -0.05) is 12.1 Å². The topological polar surface area (TPSA) is 67.9 Å². The predicted octanol–water partition coefficient (Wildman–Crippen LogP) is 6.29. The minimum absolute atomic E-state index is 0.199. The Balaban J connectivity index is 1.72. The maximum atomic E-state index is 13.9. The number of alkyl halides is 4.